The number of aryl methyl sites for hydroxylation is 1. The van der Waals surface area contributed by atoms with Crippen molar-refractivity contribution in [3.8, 4) is 0 Å². The van der Waals surface area contributed by atoms with E-state index < -0.39 is 5.97 Å². The van der Waals surface area contributed by atoms with Gasteiger partial charge in [0.15, 0.2) is 0 Å². The number of carboxylic acid groups (broad SMARTS) is 1. The number of nitrogens with zero attached hydrogens (tertiary/aromatic N) is 1. The Morgan fingerprint density at radius 3 is 2.48 bits per heavy atom. The first-order valence-electron chi connectivity index (χ1n) is 10.5. The van der Waals surface area contributed by atoms with Crippen LogP contribution in [0.25, 0.3) is 0 Å². The van der Waals surface area contributed by atoms with Gasteiger partial charge in [0.1, 0.15) is 5.82 Å². The van der Waals surface area contributed by atoms with Crippen LogP contribution in [0.15, 0.2) is 42.5 Å². The Kier molecular flexibility index (Phi) is 7.26. The average molecular weight is 418 g/mol. The molecule has 1 amide bonds. The number of piperidine rings is 1. The Bertz CT molecular complexity index is 960. The summed E-state index contributed by atoms with van der Waals surface area (Å²) in [7, 11) is 0. The number of benzene rings is 2. The van der Waals surface area contributed by atoms with Crippen molar-refractivity contribution in [2.45, 2.75) is 57.2 Å². The predicted molar refractivity (Wildman–Crippen MR) is 119 cm³/mol. The fourth-order valence-electron chi connectivity index (χ4n) is 4.38. The van der Waals surface area contributed by atoms with E-state index in [1.807, 2.05) is 6.07 Å². The summed E-state index contributed by atoms with van der Waals surface area (Å²) in [6.07, 6.45) is 4.58. The Morgan fingerprint density at radius 2 is 1.87 bits per heavy atom. The number of amides is 1. The van der Waals surface area contributed by atoms with E-state index >= 15 is 0 Å². The molecular formula is C24H28FLiN2O3. The van der Waals surface area contributed by atoms with Gasteiger partial charge in [-0.05, 0) is 74.0 Å². The Hall–Kier alpha value is -2.13. The molecule has 1 saturated heterocycles. The summed E-state index contributed by atoms with van der Waals surface area (Å²) in [5.74, 6) is -1.14. The maximum absolute atomic E-state index is 13.6. The second-order valence-corrected chi connectivity index (χ2v) is 8.52. The monoisotopic (exact) mass is 418 g/mol. The van der Waals surface area contributed by atoms with Gasteiger partial charge in [-0.25, -0.2) is 9.18 Å². The summed E-state index contributed by atoms with van der Waals surface area (Å²) in [4.78, 5) is 26.5. The maximum atomic E-state index is 13.6. The van der Waals surface area contributed by atoms with Gasteiger partial charge < -0.3 is 10.4 Å². The minimum absolute atomic E-state index is 0. The Balaban J connectivity index is 0.00000272. The van der Waals surface area contributed by atoms with Gasteiger partial charge >= 0.3 is 24.8 Å². The van der Waals surface area contributed by atoms with E-state index in [1.54, 1.807) is 37.3 Å². The molecule has 1 aliphatic heterocycles. The number of likely N-dealkylation sites (tertiary alicyclic amines) is 1. The molecule has 160 valence electrons. The topological polar surface area (TPSA) is 69.6 Å². The third kappa shape index (κ3) is 5.20. The number of rotatable bonds is 6. The van der Waals surface area contributed by atoms with Gasteiger partial charge in [0.05, 0.1) is 17.1 Å². The number of nitrogens with one attached hydrogen (secondary N) is 1. The van der Waals surface area contributed by atoms with Crippen molar-refractivity contribution in [3.63, 3.8) is 0 Å². The summed E-state index contributed by atoms with van der Waals surface area (Å²) >= 11 is 0. The van der Waals surface area contributed by atoms with Gasteiger partial charge in [-0.3, -0.25) is 9.69 Å². The van der Waals surface area contributed by atoms with Gasteiger partial charge in [0, 0.05) is 6.54 Å². The van der Waals surface area contributed by atoms with Crippen LogP contribution in [0.1, 0.15) is 59.2 Å². The molecule has 2 aliphatic rings. The predicted octanol–water partition coefficient (Wildman–Crippen LogP) is 3.34. The SMILES string of the molecule is Cc1cc(CN2CCCCC2C(=O)NC2(c3ccc(C(=O)O)cc3)CC2)ccc1F.[LiH]. The van der Waals surface area contributed by atoms with Gasteiger partial charge in [-0.15, -0.1) is 0 Å². The Labute approximate surface area is 194 Å². The first-order valence-corrected chi connectivity index (χ1v) is 10.5. The molecule has 2 aromatic rings. The fourth-order valence-corrected chi connectivity index (χ4v) is 4.38. The second kappa shape index (κ2) is 9.56. The van der Waals surface area contributed by atoms with Crippen LogP contribution in [-0.4, -0.2) is 53.3 Å². The third-order valence-corrected chi connectivity index (χ3v) is 6.32. The number of aromatic carboxylic acids is 1. The summed E-state index contributed by atoms with van der Waals surface area (Å²) in [6, 6.07) is 11.7. The number of hydrogen-bond donors (Lipinski definition) is 2. The van der Waals surface area contributed by atoms with Gasteiger partial charge in [0.2, 0.25) is 5.91 Å². The van der Waals surface area contributed by atoms with Crippen molar-refractivity contribution in [1.29, 1.82) is 0 Å². The molecule has 5 nitrogen and oxygen atoms in total. The van der Waals surface area contributed by atoms with Crippen LogP contribution < -0.4 is 5.32 Å². The third-order valence-electron chi connectivity index (χ3n) is 6.32. The van der Waals surface area contributed by atoms with Crippen molar-refractivity contribution < 1.29 is 19.1 Å². The van der Waals surface area contributed by atoms with Crippen LogP contribution in [0.5, 0.6) is 0 Å². The molecular weight excluding hydrogens is 390 g/mol. The zero-order valence-electron chi connectivity index (χ0n) is 17.2. The summed E-state index contributed by atoms with van der Waals surface area (Å²) in [6.45, 7) is 3.22. The molecule has 1 saturated carbocycles. The van der Waals surface area contributed by atoms with Crippen LogP contribution in [-0.2, 0) is 16.9 Å². The summed E-state index contributed by atoms with van der Waals surface area (Å²) in [5, 5.41) is 12.3. The number of carbonyl (C=O) groups is 2. The van der Waals surface area contributed by atoms with E-state index in [0.717, 1.165) is 49.8 Å². The van der Waals surface area contributed by atoms with E-state index in [2.05, 4.69) is 10.2 Å². The van der Waals surface area contributed by atoms with E-state index in [9.17, 15) is 14.0 Å². The first-order chi connectivity index (χ1) is 14.4. The number of carbonyl (C=O) groups excluding carboxylic acids is 1. The Morgan fingerprint density at radius 1 is 1.16 bits per heavy atom. The van der Waals surface area contributed by atoms with E-state index in [4.69, 9.17) is 5.11 Å². The van der Waals surface area contributed by atoms with Crippen molar-refractivity contribution in [2.24, 2.45) is 0 Å². The molecule has 1 unspecified atom stereocenters. The molecule has 2 N–H and O–H groups in total. The summed E-state index contributed by atoms with van der Waals surface area (Å²) in [5.41, 5.74) is 2.45. The molecule has 2 fully saturated rings. The standard InChI is InChI=1S/C24H27FN2O3.Li.H/c1-16-14-17(5-10-20(16)25)15-27-13-3-2-4-21(27)22(28)26-24(11-12-24)19-8-6-18(7-9-19)23(29)30;;/h5-10,14,21H,2-4,11-13,15H2,1H3,(H,26,28)(H,29,30);;. The number of halogens is 1. The quantitative estimate of drug-likeness (QED) is 0.706. The summed E-state index contributed by atoms with van der Waals surface area (Å²) < 4.78 is 13.6. The molecule has 4 rings (SSSR count). The number of carboxylic acids is 1. The normalized spacial score (nSPS) is 19.9. The fraction of sp³-hybridized carbons (Fsp3) is 0.417. The molecule has 0 radical (unpaired) electrons. The van der Waals surface area contributed by atoms with Crippen molar-refractivity contribution in [1.82, 2.24) is 10.2 Å². The molecule has 0 bridgehead atoms. The molecule has 31 heavy (non-hydrogen) atoms. The molecule has 0 spiro atoms. The van der Waals surface area contributed by atoms with Crippen molar-refractivity contribution in [3.05, 3.63) is 70.5 Å². The van der Waals surface area contributed by atoms with E-state index in [1.165, 1.54) is 6.07 Å². The van der Waals surface area contributed by atoms with Crippen molar-refractivity contribution in [2.75, 3.05) is 6.54 Å². The van der Waals surface area contributed by atoms with Gasteiger partial charge in [0.25, 0.3) is 0 Å². The van der Waals surface area contributed by atoms with Crippen LogP contribution in [0.4, 0.5) is 4.39 Å². The number of hydrogen-bond acceptors (Lipinski definition) is 3. The van der Waals surface area contributed by atoms with Crippen LogP contribution in [0.2, 0.25) is 0 Å². The zero-order valence-corrected chi connectivity index (χ0v) is 17.2. The molecule has 1 atom stereocenters. The first kappa shape index (κ1) is 23.5. The zero-order chi connectivity index (χ0) is 21.3. The van der Waals surface area contributed by atoms with Gasteiger partial charge in [-0.2, -0.15) is 0 Å². The minimum atomic E-state index is -0.954. The van der Waals surface area contributed by atoms with Crippen molar-refractivity contribution >= 4 is 30.7 Å². The van der Waals surface area contributed by atoms with Gasteiger partial charge in [-0.1, -0.05) is 30.7 Å². The molecule has 7 heteroatoms. The second-order valence-electron chi connectivity index (χ2n) is 8.52. The molecule has 1 aliphatic carbocycles. The van der Waals surface area contributed by atoms with Crippen LogP contribution in [0.3, 0.4) is 0 Å². The van der Waals surface area contributed by atoms with Crippen LogP contribution >= 0.6 is 0 Å². The van der Waals surface area contributed by atoms with E-state index in [0.29, 0.717) is 12.1 Å². The van der Waals surface area contributed by atoms with E-state index in [-0.39, 0.29) is 47.7 Å². The van der Waals surface area contributed by atoms with Crippen LogP contribution in [0, 0.1) is 12.7 Å². The molecule has 0 aromatic heterocycles. The molecule has 1 heterocycles. The average Bonchev–Trinajstić information content (AvgIpc) is 3.52. The molecule has 2 aromatic carbocycles.